The van der Waals surface area contributed by atoms with Crippen molar-refractivity contribution in [1.29, 1.82) is 0 Å². The Morgan fingerprint density at radius 3 is 2.68 bits per heavy atom. The quantitative estimate of drug-likeness (QED) is 0.863. The second-order valence-electron chi connectivity index (χ2n) is 4.79. The molecule has 2 amide bonds. The molecule has 1 aromatic heterocycles. The average molecular weight is 281 g/mol. The summed E-state index contributed by atoms with van der Waals surface area (Å²) in [6, 6.07) is 3.41. The SMILES string of the molecule is CC(=O)NC1CCN(C(=O)C(N)c2cccs2)CC1. The van der Waals surface area contributed by atoms with Crippen LogP contribution in [0.15, 0.2) is 17.5 Å². The number of carbonyl (C=O) groups is 2. The average Bonchev–Trinajstić information content (AvgIpc) is 2.91. The first-order chi connectivity index (χ1) is 9.08. The lowest BCUT2D eigenvalue weighted by Gasteiger charge is -2.33. The Morgan fingerprint density at radius 2 is 2.16 bits per heavy atom. The molecule has 1 aliphatic heterocycles. The number of nitrogens with one attached hydrogen (secondary N) is 1. The second kappa shape index (κ2) is 6.16. The van der Waals surface area contributed by atoms with E-state index in [0.717, 1.165) is 17.7 Å². The van der Waals surface area contributed by atoms with Gasteiger partial charge in [-0.15, -0.1) is 11.3 Å². The van der Waals surface area contributed by atoms with Crippen LogP contribution in [0.2, 0.25) is 0 Å². The smallest absolute Gasteiger partial charge is 0.244 e. The lowest BCUT2D eigenvalue weighted by Crippen LogP contribution is -2.48. The van der Waals surface area contributed by atoms with Gasteiger partial charge < -0.3 is 16.0 Å². The fraction of sp³-hybridized carbons (Fsp3) is 0.538. The molecular weight excluding hydrogens is 262 g/mol. The standard InChI is InChI=1S/C13H19N3O2S/c1-9(17)15-10-4-6-16(7-5-10)13(18)12(14)11-3-2-8-19-11/h2-3,8,10,12H,4-7,14H2,1H3,(H,15,17). The third kappa shape index (κ3) is 3.54. The van der Waals surface area contributed by atoms with Crippen molar-refractivity contribution in [1.82, 2.24) is 10.2 Å². The molecular formula is C13H19N3O2S. The highest BCUT2D eigenvalue weighted by atomic mass is 32.1. The zero-order chi connectivity index (χ0) is 13.8. The molecule has 2 rings (SSSR count). The van der Waals surface area contributed by atoms with Crippen molar-refractivity contribution < 1.29 is 9.59 Å². The molecule has 1 aromatic rings. The van der Waals surface area contributed by atoms with Gasteiger partial charge in [0.2, 0.25) is 11.8 Å². The number of rotatable bonds is 3. The van der Waals surface area contributed by atoms with Crippen molar-refractivity contribution in [2.24, 2.45) is 5.73 Å². The molecule has 5 nitrogen and oxygen atoms in total. The van der Waals surface area contributed by atoms with Crippen LogP contribution >= 0.6 is 11.3 Å². The van der Waals surface area contributed by atoms with Gasteiger partial charge in [0.15, 0.2) is 0 Å². The predicted molar refractivity (Wildman–Crippen MR) is 74.7 cm³/mol. The number of nitrogens with two attached hydrogens (primary N) is 1. The summed E-state index contributed by atoms with van der Waals surface area (Å²) in [7, 11) is 0. The van der Waals surface area contributed by atoms with Crippen LogP contribution < -0.4 is 11.1 Å². The monoisotopic (exact) mass is 281 g/mol. The van der Waals surface area contributed by atoms with Crippen LogP contribution in [-0.4, -0.2) is 35.8 Å². The molecule has 2 heterocycles. The highest BCUT2D eigenvalue weighted by Gasteiger charge is 2.27. The van der Waals surface area contributed by atoms with E-state index in [9.17, 15) is 9.59 Å². The van der Waals surface area contributed by atoms with Crippen LogP contribution in [0, 0.1) is 0 Å². The van der Waals surface area contributed by atoms with Gasteiger partial charge in [0, 0.05) is 30.9 Å². The zero-order valence-electron chi connectivity index (χ0n) is 11.0. The van der Waals surface area contributed by atoms with Crippen LogP contribution in [0.3, 0.4) is 0 Å². The molecule has 104 valence electrons. The Bertz CT molecular complexity index is 439. The van der Waals surface area contributed by atoms with Crippen LogP contribution in [0.25, 0.3) is 0 Å². The molecule has 3 N–H and O–H groups in total. The lowest BCUT2D eigenvalue weighted by atomic mass is 10.0. The van der Waals surface area contributed by atoms with Crippen LogP contribution in [0.1, 0.15) is 30.7 Å². The fourth-order valence-electron chi connectivity index (χ4n) is 2.32. The summed E-state index contributed by atoms with van der Waals surface area (Å²) in [5, 5.41) is 4.81. The van der Waals surface area contributed by atoms with Crippen molar-refractivity contribution in [3.8, 4) is 0 Å². The van der Waals surface area contributed by atoms with E-state index in [-0.39, 0.29) is 17.9 Å². The summed E-state index contributed by atoms with van der Waals surface area (Å²) < 4.78 is 0. The molecule has 1 aliphatic rings. The number of amides is 2. The van der Waals surface area contributed by atoms with Gasteiger partial charge in [0.05, 0.1) is 0 Å². The molecule has 0 spiro atoms. The van der Waals surface area contributed by atoms with E-state index >= 15 is 0 Å². The van der Waals surface area contributed by atoms with E-state index in [4.69, 9.17) is 5.73 Å². The van der Waals surface area contributed by atoms with E-state index in [2.05, 4.69) is 5.32 Å². The first-order valence-electron chi connectivity index (χ1n) is 6.43. The lowest BCUT2D eigenvalue weighted by molar-refractivity contribution is -0.133. The number of hydrogen-bond donors (Lipinski definition) is 2. The largest absolute Gasteiger partial charge is 0.353 e. The number of piperidine rings is 1. The van der Waals surface area contributed by atoms with E-state index in [1.807, 2.05) is 17.5 Å². The van der Waals surface area contributed by atoms with Crippen molar-refractivity contribution in [2.75, 3.05) is 13.1 Å². The van der Waals surface area contributed by atoms with Gasteiger partial charge in [-0.2, -0.15) is 0 Å². The van der Waals surface area contributed by atoms with Gasteiger partial charge >= 0.3 is 0 Å². The summed E-state index contributed by atoms with van der Waals surface area (Å²) in [6.07, 6.45) is 1.59. The van der Waals surface area contributed by atoms with E-state index < -0.39 is 6.04 Å². The first-order valence-corrected chi connectivity index (χ1v) is 7.30. The third-order valence-electron chi connectivity index (χ3n) is 3.33. The minimum absolute atomic E-state index is 0.0138. The molecule has 0 saturated carbocycles. The fourth-order valence-corrected chi connectivity index (χ4v) is 3.04. The highest BCUT2D eigenvalue weighted by molar-refractivity contribution is 7.10. The van der Waals surface area contributed by atoms with Gasteiger partial charge in [-0.05, 0) is 24.3 Å². The molecule has 0 radical (unpaired) electrons. The van der Waals surface area contributed by atoms with Crippen LogP contribution in [-0.2, 0) is 9.59 Å². The predicted octanol–water partition coefficient (Wildman–Crippen LogP) is 0.875. The molecule has 1 saturated heterocycles. The molecule has 1 atom stereocenters. The molecule has 0 aliphatic carbocycles. The third-order valence-corrected chi connectivity index (χ3v) is 4.29. The Kier molecular flexibility index (Phi) is 4.55. The van der Waals surface area contributed by atoms with E-state index in [1.54, 1.807) is 4.90 Å². The minimum Gasteiger partial charge on any atom is -0.353 e. The van der Waals surface area contributed by atoms with E-state index in [1.165, 1.54) is 18.3 Å². The normalized spacial score (nSPS) is 18.1. The Hall–Kier alpha value is -1.40. The number of nitrogens with zero attached hydrogens (tertiary/aromatic N) is 1. The van der Waals surface area contributed by atoms with Gasteiger partial charge in [0.25, 0.3) is 0 Å². The second-order valence-corrected chi connectivity index (χ2v) is 5.77. The summed E-state index contributed by atoms with van der Waals surface area (Å²) in [6.45, 7) is 2.83. The number of hydrogen-bond acceptors (Lipinski definition) is 4. The molecule has 1 unspecified atom stereocenters. The van der Waals surface area contributed by atoms with Gasteiger partial charge in [-0.25, -0.2) is 0 Å². The topological polar surface area (TPSA) is 75.4 Å². The van der Waals surface area contributed by atoms with Gasteiger partial charge in [-0.1, -0.05) is 6.07 Å². The number of carbonyl (C=O) groups excluding carboxylic acids is 2. The van der Waals surface area contributed by atoms with Crippen molar-refractivity contribution >= 4 is 23.2 Å². The highest BCUT2D eigenvalue weighted by Crippen LogP contribution is 2.21. The maximum atomic E-state index is 12.2. The summed E-state index contributed by atoms with van der Waals surface area (Å²) in [5.74, 6) is -0.0382. The van der Waals surface area contributed by atoms with Gasteiger partial charge in [0.1, 0.15) is 6.04 Å². The molecule has 1 fully saturated rings. The van der Waals surface area contributed by atoms with Crippen molar-refractivity contribution in [3.05, 3.63) is 22.4 Å². The Labute approximate surface area is 116 Å². The summed E-state index contributed by atoms with van der Waals surface area (Å²) >= 11 is 1.50. The van der Waals surface area contributed by atoms with Crippen molar-refractivity contribution in [2.45, 2.75) is 31.8 Å². The van der Waals surface area contributed by atoms with Gasteiger partial charge in [-0.3, -0.25) is 9.59 Å². The zero-order valence-corrected chi connectivity index (χ0v) is 11.8. The summed E-state index contributed by atoms with van der Waals surface area (Å²) in [4.78, 5) is 25.9. The molecule has 0 bridgehead atoms. The first kappa shape index (κ1) is 14.0. The van der Waals surface area contributed by atoms with Crippen molar-refractivity contribution in [3.63, 3.8) is 0 Å². The number of likely N-dealkylation sites (tertiary alicyclic amines) is 1. The Morgan fingerprint density at radius 1 is 1.47 bits per heavy atom. The molecule has 0 aromatic carbocycles. The van der Waals surface area contributed by atoms with Crippen LogP contribution in [0.5, 0.6) is 0 Å². The minimum atomic E-state index is -0.558. The maximum absolute atomic E-state index is 12.2. The number of thiophene rings is 1. The van der Waals surface area contributed by atoms with Crippen LogP contribution in [0.4, 0.5) is 0 Å². The molecule has 19 heavy (non-hydrogen) atoms. The summed E-state index contributed by atoms with van der Waals surface area (Å²) in [5.41, 5.74) is 5.98. The Balaban J connectivity index is 1.87. The molecule has 6 heteroatoms. The van der Waals surface area contributed by atoms with E-state index in [0.29, 0.717) is 13.1 Å². The maximum Gasteiger partial charge on any atom is 0.244 e.